The van der Waals surface area contributed by atoms with Crippen LogP contribution in [-0.2, 0) is 16.6 Å². The van der Waals surface area contributed by atoms with Crippen LogP contribution in [0.5, 0.6) is 0 Å². The number of sulfonamides is 1. The molecule has 7 nitrogen and oxygen atoms in total. The minimum atomic E-state index is -3.65. The van der Waals surface area contributed by atoms with Crippen molar-refractivity contribution in [3.05, 3.63) is 76.3 Å². The van der Waals surface area contributed by atoms with Gasteiger partial charge in [0.2, 0.25) is 10.0 Å². The van der Waals surface area contributed by atoms with E-state index in [1.54, 1.807) is 19.1 Å². The predicted molar refractivity (Wildman–Crippen MR) is 120 cm³/mol. The van der Waals surface area contributed by atoms with E-state index < -0.39 is 21.2 Å². The number of benzene rings is 2. The van der Waals surface area contributed by atoms with Crippen molar-refractivity contribution >= 4 is 38.1 Å². The van der Waals surface area contributed by atoms with E-state index in [1.165, 1.54) is 11.3 Å². The van der Waals surface area contributed by atoms with Gasteiger partial charge in [-0.05, 0) is 49.6 Å². The molecule has 0 aliphatic heterocycles. The zero-order valence-corrected chi connectivity index (χ0v) is 18.4. The molecule has 0 spiro atoms. The molecular formula is C22H20N4O3S2. The Bertz CT molecular complexity index is 1240. The normalized spacial score (nSPS) is 13.4. The lowest BCUT2D eigenvalue weighted by atomic mass is 10.2. The van der Waals surface area contributed by atoms with Crippen LogP contribution >= 0.6 is 11.3 Å². The average Bonchev–Trinajstić information content (AvgIpc) is 3.56. The van der Waals surface area contributed by atoms with E-state index in [1.807, 2.05) is 47.4 Å². The molecule has 0 saturated heterocycles. The zero-order chi connectivity index (χ0) is 22.0. The van der Waals surface area contributed by atoms with Gasteiger partial charge in [0.05, 0.1) is 23.4 Å². The van der Waals surface area contributed by atoms with Gasteiger partial charge in [-0.15, -0.1) is 11.3 Å². The van der Waals surface area contributed by atoms with E-state index in [4.69, 9.17) is 5.26 Å². The van der Waals surface area contributed by atoms with Crippen LogP contribution in [0.1, 0.15) is 39.3 Å². The Kier molecular flexibility index (Phi) is 5.76. The van der Waals surface area contributed by atoms with Crippen molar-refractivity contribution in [2.24, 2.45) is 0 Å². The van der Waals surface area contributed by atoms with Gasteiger partial charge in [0.15, 0.2) is 5.13 Å². The lowest BCUT2D eigenvalue weighted by molar-refractivity contribution is 0.0976. The topological polar surface area (TPSA) is 103 Å². The first-order chi connectivity index (χ1) is 14.9. The third-order valence-corrected chi connectivity index (χ3v) is 7.73. The molecule has 1 N–H and O–H groups in total. The molecule has 1 aliphatic carbocycles. The van der Waals surface area contributed by atoms with E-state index in [9.17, 15) is 13.2 Å². The Morgan fingerprint density at radius 2 is 1.87 bits per heavy atom. The summed E-state index contributed by atoms with van der Waals surface area (Å²) >= 11 is 1.32. The highest BCUT2D eigenvalue weighted by Crippen LogP contribution is 2.34. The molecule has 31 heavy (non-hydrogen) atoms. The number of aryl methyl sites for hydroxylation is 1. The second-order valence-electron chi connectivity index (χ2n) is 7.31. The number of rotatable bonds is 7. The number of aromatic nitrogens is 1. The number of nitrogens with zero attached hydrogens (tertiary/aromatic N) is 3. The molecular weight excluding hydrogens is 432 g/mol. The maximum atomic E-state index is 12.6. The number of anilines is 2. The van der Waals surface area contributed by atoms with Crippen molar-refractivity contribution in [2.75, 3.05) is 4.90 Å². The molecule has 158 valence electrons. The molecule has 0 unspecified atom stereocenters. The van der Waals surface area contributed by atoms with Crippen LogP contribution < -0.4 is 9.62 Å². The minimum absolute atomic E-state index is 0.107. The Labute approximate surface area is 185 Å². The van der Waals surface area contributed by atoms with Gasteiger partial charge in [0.25, 0.3) is 5.91 Å². The number of hydrogen-bond acceptors (Lipinski definition) is 7. The largest absolute Gasteiger partial charge is 0.313 e. The molecule has 3 aromatic rings. The first-order valence-corrected chi connectivity index (χ1v) is 12.1. The molecule has 0 radical (unpaired) electrons. The summed E-state index contributed by atoms with van der Waals surface area (Å²) in [5.41, 5.74) is 2.51. The monoisotopic (exact) mass is 452 g/mol. The van der Waals surface area contributed by atoms with Gasteiger partial charge in [-0.1, -0.05) is 30.3 Å². The van der Waals surface area contributed by atoms with E-state index in [2.05, 4.69) is 15.8 Å². The van der Waals surface area contributed by atoms with Gasteiger partial charge in [-0.25, -0.2) is 18.1 Å². The maximum Gasteiger partial charge on any atom is 0.284 e. The molecule has 2 aromatic carbocycles. The van der Waals surface area contributed by atoms with Crippen molar-refractivity contribution in [1.29, 1.82) is 5.26 Å². The van der Waals surface area contributed by atoms with Crippen LogP contribution in [0.3, 0.4) is 0 Å². The van der Waals surface area contributed by atoms with Gasteiger partial charge in [0.1, 0.15) is 5.69 Å². The first kappa shape index (κ1) is 21.0. The molecule has 0 atom stereocenters. The Morgan fingerprint density at radius 1 is 1.19 bits per heavy atom. The predicted octanol–water partition coefficient (Wildman–Crippen LogP) is 3.88. The summed E-state index contributed by atoms with van der Waals surface area (Å²) in [7, 11) is -3.65. The van der Waals surface area contributed by atoms with Crippen LogP contribution in [0, 0.1) is 18.3 Å². The fourth-order valence-electron chi connectivity index (χ4n) is 3.10. The van der Waals surface area contributed by atoms with Crippen LogP contribution in [-0.4, -0.2) is 24.6 Å². The number of thiazole rings is 1. The molecule has 1 aromatic heterocycles. The lowest BCUT2D eigenvalue weighted by Gasteiger charge is -2.22. The van der Waals surface area contributed by atoms with Crippen LogP contribution in [0.2, 0.25) is 0 Å². The van der Waals surface area contributed by atoms with Gasteiger partial charge < -0.3 is 4.90 Å². The summed E-state index contributed by atoms with van der Waals surface area (Å²) in [5, 5.41) is 9.18. The number of amides is 1. The number of nitriles is 1. The summed E-state index contributed by atoms with van der Waals surface area (Å²) in [5.74, 6) is -0.702. The van der Waals surface area contributed by atoms with Crippen LogP contribution in [0.15, 0.2) is 54.6 Å². The van der Waals surface area contributed by atoms with Gasteiger partial charge >= 0.3 is 0 Å². The summed E-state index contributed by atoms with van der Waals surface area (Å²) in [6.45, 7) is 2.25. The third kappa shape index (κ3) is 4.76. The van der Waals surface area contributed by atoms with E-state index in [0.717, 1.165) is 11.3 Å². The van der Waals surface area contributed by atoms with Crippen LogP contribution in [0.4, 0.5) is 10.8 Å². The first-order valence-electron chi connectivity index (χ1n) is 9.72. The average molecular weight is 453 g/mol. The number of nitrogens with one attached hydrogen (secondary N) is 1. The standard InChI is InChI=1S/C22H20N4O3S2/c1-15-20(21(27)25-31(28,29)19-11-12-19)24-22(30-15)26(14-17-5-3-2-4-6-17)18-9-7-16(13-23)8-10-18/h2-10,19H,11-12,14H2,1H3,(H,25,27). The van der Waals surface area contributed by atoms with Crippen molar-refractivity contribution in [3.8, 4) is 6.07 Å². The molecule has 9 heteroatoms. The molecule has 0 bridgehead atoms. The van der Waals surface area contributed by atoms with Crippen molar-refractivity contribution in [1.82, 2.24) is 9.71 Å². The van der Waals surface area contributed by atoms with Crippen LogP contribution in [0.25, 0.3) is 0 Å². The highest BCUT2D eigenvalue weighted by Gasteiger charge is 2.37. The Hall–Kier alpha value is -3.22. The van der Waals surface area contributed by atoms with Gasteiger partial charge in [0, 0.05) is 10.6 Å². The summed E-state index contributed by atoms with van der Waals surface area (Å²) in [6, 6.07) is 19.0. The van der Waals surface area contributed by atoms with Crippen molar-refractivity contribution in [3.63, 3.8) is 0 Å². The van der Waals surface area contributed by atoms with Crippen molar-refractivity contribution in [2.45, 2.75) is 31.6 Å². The van der Waals surface area contributed by atoms with Gasteiger partial charge in [-0.2, -0.15) is 5.26 Å². The summed E-state index contributed by atoms with van der Waals surface area (Å²) in [6.07, 6.45) is 1.15. The summed E-state index contributed by atoms with van der Waals surface area (Å²) < 4.78 is 26.5. The lowest BCUT2D eigenvalue weighted by Crippen LogP contribution is -2.33. The molecule has 1 heterocycles. The highest BCUT2D eigenvalue weighted by atomic mass is 32.2. The van der Waals surface area contributed by atoms with Gasteiger partial charge in [-0.3, -0.25) is 4.79 Å². The highest BCUT2D eigenvalue weighted by molar-refractivity contribution is 7.91. The molecule has 4 rings (SSSR count). The SMILES string of the molecule is Cc1sc(N(Cc2ccccc2)c2ccc(C#N)cc2)nc1C(=O)NS(=O)(=O)C1CC1. The Balaban J connectivity index is 1.67. The number of carbonyl (C=O) groups excluding carboxylic acids is 1. The van der Waals surface area contributed by atoms with E-state index in [0.29, 0.717) is 35.0 Å². The number of carbonyl (C=O) groups is 1. The molecule has 1 aliphatic rings. The smallest absolute Gasteiger partial charge is 0.284 e. The zero-order valence-electron chi connectivity index (χ0n) is 16.8. The Morgan fingerprint density at radius 3 is 2.48 bits per heavy atom. The second kappa shape index (κ2) is 8.49. The molecule has 1 saturated carbocycles. The maximum absolute atomic E-state index is 12.6. The number of hydrogen-bond donors (Lipinski definition) is 1. The fourth-order valence-corrected chi connectivity index (χ4v) is 5.30. The van der Waals surface area contributed by atoms with Crippen molar-refractivity contribution < 1.29 is 13.2 Å². The van der Waals surface area contributed by atoms with E-state index >= 15 is 0 Å². The third-order valence-electron chi connectivity index (χ3n) is 4.92. The molecule has 1 amide bonds. The molecule has 1 fully saturated rings. The summed E-state index contributed by atoms with van der Waals surface area (Å²) in [4.78, 5) is 19.7. The second-order valence-corrected chi connectivity index (χ2v) is 10.4. The minimum Gasteiger partial charge on any atom is -0.313 e. The fraction of sp³-hybridized carbons (Fsp3) is 0.227. The quantitative estimate of drug-likeness (QED) is 0.583. The van der Waals surface area contributed by atoms with E-state index in [-0.39, 0.29) is 5.69 Å².